The van der Waals surface area contributed by atoms with Gasteiger partial charge >= 0.3 is 346 Å². The second-order valence-electron chi connectivity index (χ2n) is 21.7. The van der Waals surface area contributed by atoms with Crippen LogP contribution in [0.3, 0.4) is 0 Å². The van der Waals surface area contributed by atoms with Crippen molar-refractivity contribution >= 4 is 6.48 Å². The van der Waals surface area contributed by atoms with Crippen molar-refractivity contribution in [2.75, 3.05) is 0 Å². The molecule has 0 spiro atoms. The van der Waals surface area contributed by atoms with Crippen LogP contribution in [0.4, 0.5) is 0 Å². The number of benzene rings is 4. The standard InChI is InChI=1S/C29H41.C15H14.C10H15.2ClH.Zr/c1-26(2,3)22-14-18-13-19-15-23(27(4,5)6)25(29(10,11)12)17-21(19)20(18)16-24(22)28(7,8)9;1-12-3-7-14(8-4-12)11-15-9-5-13(2)6-10-15;1-4-10(2,3)9-7-5-6-8-9;;;/h14,16-17H,13H2,1-12H3;3-10H,1-2H3;5,7H,4,6H2,1-3H3;2*1H;/q;;;;;+2/p-2. The van der Waals surface area contributed by atoms with Gasteiger partial charge in [0, 0.05) is 0 Å². The minimum atomic E-state index is -3.13. The molecule has 2 aliphatic rings. The van der Waals surface area contributed by atoms with E-state index in [1.165, 1.54) is 55.6 Å². The number of aryl methyl sites for hydroxylation is 2. The molecule has 0 N–H and O–H groups in total. The van der Waals surface area contributed by atoms with Crippen molar-refractivity contribution < 1.29 is 46.1 Å². The Hall–Kier alpha value is -2.31. The van der Waals surface area contributed by atoms with Crippen LogP contribution in [0.25, 0.3) is 11.1 Å². The minimum absolute atomic E-state index is 0. The summed E-state index contributed by atoms with van der Waals surface area (Å²) >= 11 is -3.13. The van der Waals surface area contributed by atoms with Crippen LogP contribution < -0.4 is 28.1 Å². The molecule has 0 radical (unpaired) electrons. The second-order valence-corrected chi connectivity index (χ2v) is 27.4. The van der Waals surface area contributed by atoms with Gasteiger partial charge in [0.25, 0.3) is 0 Å². The van der Waals surface area contributed by atoms with Crippen LogP contribution in [0.5, 0.6) is 0 Å². The zero-order valence-corrected chi connectivity index (χ0v) is 42.4. The summed E-state index contributed by atoms with van der Waals surface area (Å²) in [5.74, 6) is 0. The molecule has 0 saturated carbocycles. The van der Waals surface area contributed by atoms with E-state index < -0.39 is 21.3 Å². The summed E-state index contributed by atoms with van der Waals surface area (Å²) in [5, 5.41) is 0. The summed E-state index contributed by atoms with van der Waals surface area (Å²) in [6, 6.07) is 27.1. The van der Waals surface area contributed by atoms with Crippen molar-refractivity contribution in [1.82, 2.24) is 0 Å². The number of halogens is 2. The van der Waals surface area contributed by atoms with Crippen molar-refractivity contribution in [3.63, 3.8) is 0 Å². The van der Waals surface area contributed by atoms with Crippen molar-refractivity contribution in [1.29, 1.82) is 0 Å². The second kappa shape index (κ2) is 16.6. The van der Waals surface area contributed by atoms with Crippen molar-refractivity contribution in [3.05, 3.63) is 143 Å². The SMILES string of the molecule is CCC(C)(C)C1=[C]([Zr+2](=[C](c2ccc(C)cc2)c2ccc(C)cc2)[c]2c3c(cc(C(C)(C)C)c2C(C)(C)C)-c2cc(C(C)(C)C)c(C(C)(C)C)cc2C3)CC=C1.[Cl-].[Cl-]. The molecule has 0 fully saturated rings. The van der Waals surface area contributed by atoms with Gasteiger partial charge in [0.2, 0.25) is 0 Å². The van der Waals surface area contributed by atoms with Gasteiger partial charge in [-0.25, -0.2) is 0 Å². The molecule has 0 aromatic heterocycles. The quantitative estimate of drug-likeness (QED) is 0.161. The average Bonchev–Trinajstić information content (AvgIpc) is 3.71. The first-order chi connectivity index (χ1) is 25.3. The van der Waals surface area contributed by atoms with Gasteiger partial charge in [-0.2, -0.15) is 0 Å². The molecule has 3 heteroatoms. The molecule has 0 saturated heterocycles. The molecule has 4 aromatic rings. The molecule has 4 aromatic carbocycles. The number of rotatable bonds is 6. The van der Waals surface area contributed by atoms with Crippen LogP contribution in [-0.4, -0.2) is 3.21 Å². The van der Waals surface area contributed by atoms with Crippen molar-refractivity contribution in [2.45, 2.75) is 159 Å². The fraction of sp³-hybridized carbons (Fsp3) is 0.463. The summed E-state index contributed by atoms with van der Waals surface area (Å²) in [5.41, 5.74) is 19.5. The van der Waals surface area contributed by atoms with Crippen LogP contribution in [0.15, 0.2) is 87.7 Å². The van der Waals surface area contributed by atoms with E-state index in [1.54, 1.807) is 26.5 Å². The first kappa shape index (κ1) is 47.4. The molecule has 0 bridgehead atoms. The van der Waals surface area contributed by atoms with Gasteiger partial charge in [-0.1, -0.05) is 0 Å². The third kappa shape index (κ3) is 9.23. The smallest absolute Gasteiger partial charge is 1.00 e. The van der Waals surface area contributed by atoms with E-state index in [4.69, 9.17) is 0 Å². The Morgan fingerprint density at radius 2 is 1.04 bits per heavy atom. The van der Waals surface area contributed by atoms with Crippen LogP contribution in [0.2, 0.25) is 0 Å². The maximum atomic E-state index is 2.67. The predicted molar refractivity (Wildman–Crippen MR) is 240 cm³/mol. The largest absolute Gasteiger partial charge is 1.00 e. The zero-order chi connectivity index (χ0) is 40.6. The molecule has 0 heterocycles. The van der Waals surface area contributed by atoms with Gasteiger partial charge in [0.15, 0.2) is 0 Å². The van der Waals surface area contributed by atoms with E-state index in [9.17, 15) is 0 Å². The summed E-state index contributed by atoms with van der Waals surface area (Å²) in [4.78, 5) is 0. The average molecular weight is 881 g/mol. The van der Waals surface area contributed by atoms with Gasteiger partial charge in [-0.05, 0) is 0 Å². The Morgan fingerprint density at radius 3 is 1.47 bits per heavy atom. The van der Waals surface area contributed by atoms with Crippen molar-refractivity contribution in [3.8, 4) is 11.1 Å². The molecular weight excluding hydrogens is 811 g/mol. The molecule has 0 amide bonds. The molecular formula is C54H70Cl2Zr. The van der Waals surface area contributed by atoms with Gasteiger partial charge < -0.3 is 24.8 Å². The van der Waals surface area contributed by atoms with Gasteiger partial charge in [-0.15, -0.1) is 0 Å². The monoisotopic (exact) mass is 878 g/mol. The topological polar surface area (TPSA) is 0 Å². The van der Waals surface area contributed by atoms with Crippen molar-refractivity contribution in [2.24, 2.45) is 5.41 Å². The number of hydrogen-bond donors (Lipinski definition) is 0. The van der Waals surface area contributed by atoms with Gasteiger partial charge in [0.05, 0.1) is 0 Å². The Kier molecular flexibility index (Phi) is 13.8. The Labute approximate surface area is 368 Å². The Bertz CT molecular complexity index is 2180. The fourth-order valence-corrected chi connectivity index (χ4v) is 19.1. The van der Waals surface area contributed by atoms with E-state index in [0.717, 1.165) is 19.3 Å². The predicted octanol–water partition coefficient (Wildman–Crippen LogP) is 8.24. The van der Waals surface area contributed by atoms with Crippen LogP contribution >= 0.6 is 0 Å². The third-order valence-electron chi connectivity index (χ3n) is 12.5. The van der Waals surface area contributed by atoms with Crippen LogP contribution in [-0.2, 0) is 49.3 Å². The maximum absolute atomic E-state index is 3.13. The molecule has 0 atom stereocenters. The normalized spacial score (nSPS) is 14.1. The third-order valence-corrected chi connectivity index (χ3v) is 20.4. The molecule has 304 valence electrons. The summed E-state index contributed by atoms with van der Waals surface area (Å²) in [6.07, 6.45) is 8.23. The summed E-state index contributed by atoms with van der Waals surface area (Å²) < 4.78 is 5.15. The molecule has 0 nitrogen and oxygen atoms in total. The van der Waals surface area contributed by atoms with Gasteiger partial charge in [-0.3, -0.25) is 0 Å². The maximum Gasteiger partial charge on any atom is -1.00 e. The number of hydrogen-bond acceptors (Lipinski definition) is 0. The zero-order valence-electron chi connectivity index (χ0n) is 38.4. The molecule has 6 rings (SSSR count). The summed E-state index contributed by atoms with van der Waals surface area (Å²) in [7, 11) is 0. The van der Waals surface area contributed by atoms with Crippen LogP contribution in [0.1, 0.15) is 172 Å². The first-order valence-corrected chi connectivity index (χ1v) is 24.7. The Balaban J connectivity index is 0.00000360. The van der Waals surface area contributed by atoms with E-state index in [-0.39, 0.29) is 51.9 Å². The number of fused-ring (bicyclic) bond motifs is 3. The number of allylic oxidation sites excluding steroid dienone is 4. The van der Waals surface area contributed by atoms with E-state index in [2.05, 4.69) is 197 Å². The van der Waals surface area contributed by atoms with Gasteiger partial charge in [0.1, 0.15) is 0 Å². The summed E-state index contributed by atoms with van der Waals surface area (Å²) in [6.45, 7) is 41.1. The minimum Gasteiger partial charge on any atom is -1.00 e. The van der Waals surface area contributed by atoms with Crippen LogP contribution in [0, 0.1) is 19.3 Å². The molecule has 0 unspecified atom stereocenters. The first-order valence-electron chi connectivity index (χ1n) is 21.0. The van der Waals surface area contributed by atoms with E-state index in [0.29, 0.717) is 0 Å². The Morgan fingerprint density at radius 1 is 0.579 bits per heavy atom. The molecule has 0 aliphatic heterocycles. The molecule has 2 aliphatic carbocycles. The molecule has 57 heavy (non-hydrogen) atoms. The van der Waals surface area contributed by atoms with E-state index in [1.807, 2.05) is 0 Å². The van der Waals surface area contributed by atoms with E-state index >= 15 is 0 Å². The fourth-order valence-electron chi connectivity index (χ4n) is 9.16.